The Bertz CT molecular complexity index is 749. The van der Waals surface area contributed by atoms with Gasteiger partial charge in [0.05, 0.1) is 17.2 Å². The molecule has 0 bridgehead atoms. The summed E-state index contributed by atoms with van der Waals surface area (Å²) in [6.45, 7) is -0.379. The maximum Gasteiger partial charge on any atom is 0.277 e. The van der Waals surface area contributed by atoms with Crippen LogP contribution < -0.4 is 10.2 Å². The highest BCUT2D eigenvalue weighted by Gasteiger charge is 2.07. The quantitative estimate of drug-likeness (QED) is 0.502. The van der Waals surface area contributed by atoms with E-state index in [1.807, 2.05) is 0 Å². The maximum atomic E-state index is 13.3. The van der Waals surface area contributed by atoms with Crippen LogP contribution in [0.1, 0.15) is 5.56 Å². The zero-order valence-electron chi connectivity index (χ0n) is 11.8. The van der Waals surface area contributed by atoms with Crippen LogP contribution in [-0.4, -0.2) is 23.7 Å². The molecule has 118 valence electrons. The number of nitrogens with zero attached hydrogens (tertiary/aromatic N) is 2. The van der Waals surface area contributed by atoms with Crippen LogP contribution in [0.2, 0.25) is 0 Å². The second-order valence-electron chi connectivity index (χ2n) is 4.36. The number of hydrogen-bond acceptors (Lipinski definition) is 5. The molecule has 0 fully saturated rings. The molecular formula is C15H12FN3O4. The molecule has 1 amide bonds. The minimum absolute atomic E-state index is 0.138. The Morgan fingerprint density at radius 1 is 1.30 bits per heavy atom. The maximum absolute atomic E-state index is 13.3. The van der Waals surface area contributed by atoms with E-state index in [9.17, 15) is 19.3 Å². The molecular weight excluding hydrogens is 305 g/mol. The smallest absolute Gasteiger partial charge is 0.277 e. The van der Waals surface area contributed by atoms with Gasteiger partial charge in [-0.15, -0.1) is 0 Å². The topological polar surface area (TPSA) is 93.8 Å². The monoisotopic (exact) mass is 317 g/mol. The molecule has 2 aromatic carbocycles. The van der Waals surface area contributed by atoms with Crippen molar-refractivity contribution in [1.82, 2.24) is 5.43 Å². The van der Waals surface area contributed by atoms with E-state index in [2.05, 4.69) is 10.5 Å². The van der Waals surface area contributed by atoms with Crippen molar-refractivity contribution in [3.05, 3.63) is 70.0 Å². The molecule has 7 nitrogen and oxygen atoms in total. The molecule has 0 atom stereocenters. The molecule has 0 aliphatic carbocycles. The lowest BCUT2D eigenvalue weighted by Crippen LogP contribution is -2.24. The van der Waals surface area contributed by atoms with E-state index in [1.54, 1.807) is 6.07 Å². The minimum atomic E-state index is -0.580. The third-order valence-electron chi connectivity index (χ3n) is 2.70. The molecule has 0 saturated heterocycles. The molecule has 2 aromatic rings. The van der Waals surface area contributed by atoms with E-state index >= 15 is 0 Å². The number of benzene rings is 2. The number of hydrazone groups is 1. The van der Waals surface area contributed by atoms with Crippen molar-refractivity contribution in [2.75, 3.05) is 6.61 Å². The van der Waals surface area contributed by atoms with Crippen LogP contribution in [0.25, 0.3) is 0 Å². The summed E-state index contributed by atoms with van der Waals surface area (Å²) in [7, 11) is 0. The van der Waals surface area contributed by atoms with Gasteiger partial charge in [0.25, 0.3) is 11.6 Å². The van der Waals surface area contributed by atoms with Crippen LogP contribution in [0.4, 0.5) is 10.1 Å². The lowest BCUT2D eigenvalue weighted by Gasteiger charge is -2.04. The number of carbonyl (C=O) groups is 1. The van der Waals surface area contributed by atoms with Crippen LogP contribution in [0.3, 0.4) is 0 Å². The SMILES string of the molecule is O=C(COc1cccc([N+](=O)[O-])c1)N/N=C/c1ccccc1F. The standard InChI is InChI=1S/C15H12FN3O4/c16-14-7-2-1-4-11(14)9-17-18-15(20)10-23-13-6-3-5-12(8-13)19(21)22/h1-9H,10H2,(H,18,20)/b17-9+. The molecule has 0 radical (unpaired) electrons. The number of non-ortho nitro benzene ring substituents is 1. The number of nitrogens with one attached hydrogen (secondary N) is 1. The summed E-state index contributed by atoms with van der Waals surface area (Å²) in [6, 6.07) is 11.4. The van der Waals surface area contributed by atoms with Crippen LogP contribution in [0.5, 0.6) is 5.75 Å². The van der Waals surface area contributed by atoms with Crippen LogP contribution >= 0.6 is 0 Å². The normalized spacial score (nSPS) is 10.5. The van der Waals surface area contributed by atoms with E-state index in [0.29, 0.717) is 0 Å². The highest BCUT2D eigenvalue weighted by molar-refractivity contribution is 5.83. The van der Waals surface area contributed by atoms with Gasteiger partial charge >= 0.3 is 0 Å². The summed E-state index contributed by atoms with van der Waals surface area (Å²) >= 11 is 0. The zero-order valence-corrected chi connectivity index (χ0v) is 11.8. The average molecular weight is 317 g/mol. The summed E-state index contributed by atoms with van der Waals surface area (Å²) in [5, 5.41) is 14.2. The lowest BCUT2D eigenvalue weighted by molar-refractivity contribution is -0.384. The molecule has 0 aliphatic rings. The van der Waals surface area contributed by atoms with Gasteiger partial charge in [0.1, 0.15) is 11.6 Å². The summed E-state index contributed by atoms with van der Waals surface area (Å²) < 4.78 is 18.4. The number of amides is 1. The number of nitro groups is 1. The molecule has 0 aromatic heterocycles. The second-order valence-corrected chi connectivity index (χ2v) is 4.36. The number of halogens is 1. The van der Waals surface area contributed by atoms with Crippen LogP contribution in [0, 0.1) is 15.9 Å². The third-order valence-corrected chi connectivity index (χ3v) is 2.70. The van der Waals surface area contributed by atoms with Gasteiger partial charge in [-0.1, -0.05) is 24.3 Å². The zero-order chi connectivity index (χ0) is 16.7. The van der Waals surface area contributed by atoms with Crippen molar-refractivity contribution in [3.8, 4) is 5.75 Å². The van der Waals surface area contributed by atoms with Gasteiger partial charge in [0, 0.05) is 11.6 Å². The van der Waals surface area contributed by atoms with Crippen molar-refractivity contribution < 1.29 is 18.8 Å². The van der Waals surface area contributed by atoms with Gasteiger partial charge in [-0.2, -0.15) is 5.10 Å². The van der Waals surface area contributed by atoms with Gasteiger partial charge in [0.2, 0.25) is 0 Å². The average Bonchev–Trinajstić information content (AvgIpc) is 2.55. The van der Waals surface area contributed by atoms with Crippen molar-refractivity contribution in [3.63, 3.8) is 0 Å². The van der Waals surface area contributed by atoms with Gasteiger partial charge in [-0.3, -0.25) is 14.9 Å². The number of ether oxygens (including phenoxy) is 1. The highest BCUT2D eigenvalue weighted by atomic mass is 19.1. The van der Waals surface area contributed by atoms with Gasteiger partial charge in [0.15, 0.2) is 6.61 Å². The Morgan fingerprint density at radius 3 is 2.83 bits per heavy atom. The number of carbonyl (C=O) groups excluding carboxylic acids is 1. The Hall–Kier alpha value is -3.29. The van der Waals surface area contributed by atoms with Crippen LogP contribution in [-0.2, 0) is 4.79 Å². The molecule has 0 heterocycles. The van der Waals surface area contributed by atoms with Crippen molar-refractivity contribution in [2.24, 2.45) is 5.10 Å². The summed E-state index contributed by atoms with van der Waals surface area (Å²) in [6.07, 6.45) is 1.17. The molecule has 0 aliphatic heterocycles. The van der Waals surface area contributed by atoms with E-state index in [1.165, 1.54) is 48.7 Å². The van der Waals surface area contributed by atoms with E-state index in [4.69, 9.17) is 4.74 Å². The predicted molar refractivity (Wildman–Crippen MR) is 80.7 cm³/mol. The van der Waals surface area contributed by atoms with Crippen LogP contribution in [0.15, 0.2) is 53.6 Å². The summed E-state index contributed by atoms with van der Waals surface area (Å²) in [4.78, 5) is 21.6. The number of rotatable bonds is 6. The van der Waals surface area contributed by atoms with Crippen molar-refractivity contribution >= 4 is 17.8 Å². The fourth-order valence-corrected chi connectivity index (χ4v) is 1.62. The first-order valence-corrected chi connectivity index (χ1v) is 6.50. The highest BCUT2D eigenvalue weighted by Crippen LogP contribution is 2.18. The molecule has 23 heavy (non-hydrogen) atoms. The number of hydrogen-bond donors (Lipinski definition) is 1. The van der Waals surface area contributed by atoms with Gasteiger partial charge in [-0.25, -0.2) is 9.82 Å². The second kappa shape index (κ2) is 7.64. The van der Waals surface area contributed by atoms with E-state index in [-0.39, 0.29) is 23.6 Å². The lowest BCUT2D eigenvalue weighted by atomic mass is 10.2. The van der Waals surface area contributed by atoms with Gasteiger partial charge < -0.3 is 4.74 Å². The molecule has 8 heteroatoms. The molecule has 0 spiro atoms. The molecule has 1 N–H and O–H groups in total. The summed E-state index contributed by atoms with van der Waals surface area (Å²) in [5.74, 6) is -0.852. The first-order valence-electron chi connectivity index (χ1n) is 6.50. The molecule has 2 rings (SSSR count). The fourth-order valence-electron chi connectivity index (χ4n) is 1.62. The van der Waals surface area contributed by atoms with Crippen molar-refractivity contribution in [1.29, 1.82) is 0 Å². The Labute approximate surface area is 130 Å². The largest absolute Gasteiger partial charge is 0.483 e. The Balaban J connectivity index is 1.85. The van der Waals surface area contributed by atoms with Gasteiger partial charge in [-0.05, 0) is 12.1 Å². The first kappa shape index (κ1) is 16.1. The van der Waals surface area contributed by atoms with Crippen molar-refractivity contribution in [2.45, 2.75) is 0 Å². The molecule has 0 saturated carbocycles. The fraction of sp³-hybridized carbons (Fsp3) is 0.0667. The Kier molecular flexibility index (Phi) is 5.35. The van der Waals surface area contributed by atoms with E-state index < -0.39 is 16.6 Å². The molecule has 0 unspecified atom stereocenters. The minimum Gasteiger partial charge on any atom is -0.483 e. The third kappa shape index (κ3) is 4.88. The van der Waals surface area contributed by atoms with E-state index in [0.717, 1.165) is 0 Å². The Morgan fingerprint density at radius 2 is 2.09 bits per heavy atom. The first-order chi connectivity index (χ1) is 11.1. The summed E-state index contributed by atoms with van der Waals surface area (Å²) in [5.41, 5.74) is 2.26. The predicted octanol–water partition coefficient (Wildman–Crippen LogP) is 2.26. The number of nitro benzene ring substituents is 1.